The van der Waals surface area contributed by atoms with Gasteiger partial charge in [-0.1, -0.05) is 18.2 Å². The molecular formula is C22H19N3O3S. The molecule has 1 aromatic heterocycles. The molecule has 0 aliphatic carbocycles. The van der Waals surface area contributed by atoms with Crippen molar-refractivity contribution in [3.8, 4) is 0 Å². The van der Waals surface area contributed by atoms with E-state index in [0.717, 1.165) is 0 Å². The van der Waals surface area contributed by atoms with E-state index >= 15 is 0 Å². The summed E-state index contributed by atoms with van der Waals surface area (Å²) in [6, 6.07) is 17.9. The van der Waals surface area contributed by atoms with Crippen molar-refractivity contribution >= 4 is 46.1 Å². The van der Waals surface area contributed by atoms with E-state index in [-0.39, 0.29) is 24.3 Å². The Bertz CT molecular complexity index is 1050. The van der Waals surface area contributed by atoms with E-state index in [0.29, 0.717) is 35.5 Å². The zero-order valence-electron chi connectivity index (χ0n) is 15.6. The minimum absolute atomic E-state index is 0.0307. The third-order valence-corrected chi connectivity index (χ3v) is 5.55. The van der Waals surface area contributed by atoms with Gasteiger partial charge in [-0.2, -0.15) is 0 Å². The minimum Gasteiger partial charge on any atom is -0.326 e. The first-order chi connectivity index (χ1) is 14.1. The van der Waals surface area contributed by atoms with Crippen LogP contribution in [0.5, 0.6) is 0 Å². The average molecular weight is 405 g/mol. The van der Waals surface area contributed by atoms with Gasteiger partial charge < -0.3 is 10.6 Å². The lowest BCUT2D eigenvalue weighted by Gasteiger charge is -2.29. The van der Waals surface area contributed by atoms with Gasteiger partial charge in [0, 0.05) is 22.5 Å². The van der Waals surface area contributed by atoms with E-state index in [1.54, 1.807) is 47.7 Å². The summed E-state index contributed by atoms with van der Waals surface area (Å²) in [5.41, 5.74) is 2.37. The molecule has 0 atom stereocenters. The highest BCUT2D eigenvalue weighted by Crippen LogP contribution is 2.30. The Balaban J connectivity index is 1.42. The van der Waals surface area contributed by atoms with Crippen LogP contribution in [0.4, 0.5) is 17.1 Å². The van der Waals surface area contributed by atoms with Crippen molar-refractivity contribution in [2.24, 2.45) is 0 Å². The third kappa shape index (κ3) is 4.35. The van der Waals surface area contributed by atoms with Gasteiger partial charge in [-0.15, -0.1) is 11.3 Å². The first kappa shape index (κ1) is 18.9. The Morgan fingerprint density at radius 2 is 1.83 bits per heavy atom. The van der Waals surface area contributed by atoms with Crippen molar-refractivity contribution in [1.29, 1.82) is 0 Å². The summed E-state index contributed by atoms with van der Waals surface area (Å²) in [5.74, 6) is -0.561. The van der Waals surface area contributed by atoms with E-state index in [4.69, 9.17) is 0 Å². The molecule has 146 valence electrons. The van der Waals surface area contributed by atoms with Crippen LogP contribution in [0.1, 0.15) is 21.7 Å². The summed E-state index contributed by atoms with van der Waals surface area (Å²) in [6.45, 7) is -0.0307. The molecule has 6 nitrogen and oxygen atoms in total. The molecule has 29 heavy (non-hydrogen) atoms. The maximum atomic E-state index is 12.9. The summed E-state index contributed by atoms with van der Waals surface area (Å²) >= 11 is 1.63. The number of nitrogens with one attached hydrogen (secondary N) is 2. The molecule has 0 radical (unpaired) electrons. The van der Waals surface area contributed by atoms with Gasteiger partial charge >= 0.3 is 0 Å². The monoisotopic (exact) mass is 405 g/mol. The smallest absolute Gasteiger partial charge is 0.258 e. The maximum absolute atomic E-state index is 12.9. The predicted octanol–water partition coefficient (Wildman–Crippen LogP) is 3.92. The van der Waals surface area contributed by atoms with Crippen LogP contribution in [0.2, 0.25) is 0 Å². The van der Waals surface area contributed by atoms with Gasteiger partial charge in [-0.3, -0.25) is 19.3 Å². The van der Waals surface area contributed by atoms with Crippen molar-refractivity contribution in [2.75, 3.05) is 22.1 Å². The lowest BCUT2D eigenvalue weighted by molar-refractivity contribution is -0.116. The summed E-state index contributed by atoms with van der Waals surface area (Å²) in [7, 11) is 0. The Kier molecular flexibility index (Phi) is 5.39. The maximum Gasteiger partial charge on any atom is 0.258 e. The molecule has 0 unspecified atom stereocenters. The highest BCUT2D eigenvalue weighted by molar-refractivity contribution is 7.09. The van der Waals surface area contributed by atoms with E-state index < -0.39 is 0 Å². The van der Waals surface area contributed by atoms with E-state index in [2.05, 4.69) is 10.6 Å². The second kappa shape index (κ2) is 8.28. The molecule has 2 aromatic carbocycles. The lowest BCUT2D eigenvalue weighted by Crippen LogP contribution is -2.42. The third-order valence-electron chi connectivity index (χ3n) is 4.61. The fraction of sp³-hybridized carbons (Fsp3) is 0.136. The molecule has 0 fully saturated rings. The fourth-order valence-electron chi connectivity index (χ4n) is 3.18. The van der Waals surface area contributed by atoms with Crippen molar-refractivity contribution < 1.29 is 14.4 Å². The molecule has 2 N–H and O–H groups in total. The number of hydrogen-bond donors (Lipinski definition) is 2. The van der Waals surface area contributed by atoms with Crippen LogP contribution >= 0.6 is 11.3 Å². The molecule has 3 aromatic rings. The molecule has 3 amide bonds. The number of aryl methyl sites for hydroxylation is 1. The van der Waals surface area contributed by atoms with Crippen LogP contribution in [0.3, 0.4) is 0 Å². The summed E-state index contributed by atoms with van der Waals surface area (Å²) in [5, 5.41) is 7.61. The van der Waals surface area contributed by atoms with Gasteiger partial charge in [0.1, 0.15) is 6.54 Å². The molecule has 1 aliphatic rings. The topological polar surface area (TPSA) is 78.5 Å². The second-order valence-corrected chi connectivity index (χ2v) is 7.69. The number of hydrogen-bond acceptors (Lipinski definition) is 4. The number of rotatable bonds is 5. The molecule has 0 spiro atoms. The molecule has 4 rings (SSSR count). The van der Waals surface area contributed by atoms with Crippen LogP contribution < -0.4 is 15.5 Å². The van der Waals surface area contributed by atoms with Crippen molar-refractivity contribution in [3.05, 3.63) is 76.5 Å². The molecular weight excluding hydrogens is 386 g/mol. The molecule has 2 heterocycles. The predicted molar refractivity (Wildman–Crippen MR) is 114 cm³/mol. The van der Waals surface area contributed by atoms with Crippen molar-refractivity contribution in [1.82, 2.24) is 0 Å². The van der Waals surface area contributed by atoms with Gasteiger partial charge in [0.25, 0.3) is 5.91 Å². The average Bonchev–Trinajstić information content (AvgIpc) is 3.25. The molecule has 1 aliphatic heterocycles. The summed E-state index contributed by atoms with van der Waals surface area (Å²) in [4.78, 5) is 39.6. The van der Waals surface area contributed by atoms with Crippen LogP contribution in [-0.4, -0.2) is 24.3 Å². The Hall–Kier alpha value is -3.45. The zero-order chi connectivity index (χ0) is 20.2. The zero-order valence-corrected chi connectivity index (χ0v) is 16.4. The van der Waals surface area contributed by atoms with Crippen LogP contribution in [-0.2, 0) is 16.0 Å². The van der Waals surface area contributed by atoms with Gasteiger partial charge in [0.15, 0.2) is 0 Å². The number of thiophene rings is 1. The highest BCUT2D eigenvalue weighted by Gasteiger charge is 2.27. The molecule has 0 saturated heterocycles. The minimum atomic E-state index is -0.261. The van der Waals surface area contributed by atoms with Crippen LogP contribution in [0.15, 0.2) is 66.0 Å². The van der Waals surface area contributed by atoms with E-state index in [1.807, 2.05) is 29.6 Å². The first-order valence-electron chi connectivity index (χ1n) is 9.23. The molecule has 0 saturated carbocycles. The largest absolute Gasteiger partial charge is 0.326 e. The number of fused-ring (bicyclic) bond motifs is 1. The molecule has 0 bridgehead atoms. The number of benzene rings is 2. The number of carbonyl (C=O) groups is 3. The summed E-state index contributed by atoms with van der Waals surface area (Å²) < 4.78 is 0. The number of para-hydroxylation sites is 2. The van der Waals surface area contributed by atoms with Crippen LogP contribution in [0, 0.1) is 0 Å². The molecule has 7 heteroatoms. The highest BCUT2D eigenvalue weighted by atomic mass is 32.1. The Morgan fingerprint density at radius 3 is 2.59 bits per heavy atom. The quantitative estimate of drug-likeness (QED) is 0.675. The lowest BCUT2D eigenvalue weighted by atomic mass is 10.1. The number of nitrogens with zero attached hydrogens (tertiary/aromatic N) is 1. The van der Waals surface area contributed by atoms with Gasteiger partial charge in [0.05, 0.1) is 11.4 Å². The fourth-order valence-corrected chi connectivity index (χ4v) is 3.89. The number of amides is 3. The Morgan fingerprint density at radius 1 is 1.03 bits per heavy atom. The van der Waals surface area contributed by atoms with E-state index in [1.165, 1.54) is 9.78 Å². The van der Waals surface area contributed by atoms with Gasteiger partial charge in [-0.25, -0.2) is 0 Å². The first-order valence-corrected chi connectivity index (χ1v) is 10.1. The number of carbonyl (C=O) groups excluding carboxylic acids is 3. The van der Waals surface area contributed by atoms with E-state index in [9.17, 15) is 14.4 Å². The van der Waals surface area contributed by atoms with Crippen LogP contribution in [0.25, 0.3) is 0 Å². The normalized spacial score (nSPS) is 12.8. The van der Waals surface area contributed by atoms with Crippen molar-refractivity contribution in [3.63, 3.8) is 0 Å². The van der Waals surface area contributed by atoms with Gasteiger partial charge in [0.2, 0.25) is 11.8 Å². The second-order valence-electron chi connectivity index (χ2n) is 6.66. The Labute approximate surface area is 172 Å². The standard InChI is InChI=1S/C22H19N3O3S/c26-20(12-11-17-4-3-13-29-17)23-16-9-7-15(8-10-16)22(28)25-14-21(27)24-18-5-1-2-6-19(18)25/h1-10,13H,11-12,14H2,(H,23,26)(H,24,27). The van der Waals surface area contributed by atoms with Gasteiger partial charge in [-0.05, 0) is 54.3 Å². The number of anilines is 3. The summed E-state index contributed by atoms with van der Waals surface area (Å²) in [6.07, 6.45) is 1.11. The van der Waals surface area contributed by atoms with Crippen molar-refractivity contribution in [2.45, 2.75) is 12.8 Å². The SMILES string of the molecule is O=C(CCc1cccs1)Nc1ccc(C(=O)N2CC(=O)Nc3ccccc32)cc1.